The second-order valence-corrected chi connectivity index (χ2v) is 3.88. The molecule has 1 aromatic carbocycles. The molecule has 0 spiro atoms. The Morgan fingerprint density at radius 1 is 1.21 bits per heavy atom. The Labute approximate surface area is 110 Å². The molecule has 0 heterocycles. The Bertz CT molecular complexity index is 411. The number of rotatable bonds is 6. The fraction of sp³-hybridized carbons (Fsp3) is 0.385. The van der Waals surface area contributed by atoms with E-state index in [-0.39, 0.29) is 0 Å². The maximum absolute atomic E-state index is 12.4. The van der Waals surface area contributed by atoms with E-state index in [4.69, 9.17) is 9.47 Å². The summed E-state index contributed by atoms with van der Waals surface area (Å²) in [5.74, 6) is 0. The first-order valence-corrected chi connectivity index (χ1v) is 5.53. The number of halogens is 3. The van der Waals surface area contributed by atoms with Crippen molar-refractivity contribution >= 4 is 0 Å². The number of methoxy groups -OCH3 is 2. The van der Waals surface area contributed by atoms with E-state index < -0.39 is 18.0 Å². The minimum Gasteiger partial charge on any atom is -0.381 e. The van der Waals surface area contributed by atoms with E-state index in [1.54, 1.807) is 0 Å². The van der Waals surface area contributed by atoms with Crippen LogP contribution < -0.4 is 5.32 Å². The Morgan fingerprint density at radius 2 is 1.74 bits per heavy atom. The molecule has 0 aromatic heterocycles. The van der Waals surface area contributed by atoms with Gasteiger partial charge < -0.3 is 14.8 Å². The van der Waals surface area contributed by atoms with Crippen molar-refractivity contribution in [1.82, 2.24) is 5.32 Å². The van der Waals surface area contributed by atoms with Gasteiger partial charge in [0.2, 0.25) is 0 Å². The molecule has 0 aliphatic carbocycles. The summed E-state index contributed by atoms with van der Waals surface area (Å²) in [6, 6.07) is 4.92. The summed E-state index contributed by atoms with van der Waals surface area (Å²) in [6.07, 6.45) is -4.90. The van der Waals surface area contributed by atoms with Gasteiger partial charge in [-0.25, -0.2) is 0 Å². The Morgan fingerprint density at radius 3 is 2.16 bits per heavy atom. The molecule has 6 heteroatoms. The highest BCUT2D eigenvalue weighted by Gasteiger charge is 2.29. The first-order chi connectivity index (χ1) is 8.88. The van der Waals surface area contributed by atoms with Crippen LogP contribution in [0.4, 0.5) is 13.2 Å². The van der Waals surface area contributed by atoms with E-state index in [1.165, 1.54) is 26.4 Å². The average molecular weight is 275 g/mol. The van der Waals surface area contributed by atoms with Crippen molar-refractivity contribution in [3.05, 3.63) is 47.7 Å². The number of ether oxygens (including phenoxy) is 2. The van der Waals surface area contributed by atoms with Crippen LogP contribution in [0, 0.1) is 0 Å². The van der Waals surface area contributed by atoms with Gasteiger partial charge in [-0.15, -0.1) is 0 Å². The number of hydrogen-bond donors (Lipinski definition) is 1. The minimum absolute atomic E-state index is 0.347. The summed E-state index contributed by atoms with van der Waals surface area (Å²) in [5, 5.41) is 2.93. The lowest BCUT2D eigenvalue weighted by Gasteiger charge is -2.18. The Kier molecular flexibility index (Phi) is 5.38. The van der Waals surface area contributed by atoms with Crippen molar-refractivity contribution in [3.63, 3.8) is 0 Å². The van der Waals surface area contributed by atoms with Gasteiger partial charge in [-0.2, -0.15) is 13.2 Å². The smallest absolute Gasteiger partial charge is 0.381 e. The van der Waals surface area contributed by atoms with Crippen LogP contribution in [-0.2, 0) is 22.2 Å². The van der Waals surface area contributed by atoms with Crippen molar-refractivity contribution in [1.29, 1.82) is 0 Å². The maximum Gasteiger partial charge on any atom is 0.416 e. The third-order valence-electron chi connectivity index (χ3n) is 2.51. The van der Waals surface area contributed by atoms with Crippen LogP contribution in [0.15, 0.2) is 36.5 Å². The molecule has 1 rings (SSSR count). The second-order valence-electron chi connectivity index (χ2n) is 3.88. The van der Waals surface area contributed by atoms with Gasteiger partial charge in [0.05, 0.1) is 11.3 Å². The van der Waals surface area contributed by atoms with E-state index in [2.05, 4.69) is 11.9 Å². The fourth-order valence-corrected chi connectivity index (χ4v) is 1.49. The van der Waals surface area contributed by atoms with Crippen LogP contribution in [0.5, 0.6) is 0 Å². The molecule has 0 amide bonds. The van der Waals surface area contributed by atoms with Gasteiger partial charge in [-0.05, 0) is 17.7 Å². The molecule has 0 fully saturated rings. The summed E-state index contributed by atoms with van der Waals surface area (Å²) in [4.78, 5) is 0. The van der Waals surface area contributed by atoms with E-state index in [0.717, 1.165) is 12.1 Å². The molecular weight excluding hydrogens is 259 g/mol. The largest absolute Gasteiger partial charge is 0.416 e. The van der Waals surface area contributed by atoms with Crippen molar-refractivity contribution in [3.8, 4) is 0 Å². The molecule has 0 saturated carbocycles. The highest BCUT2D eigenvalue weighted by molar-refractivity contribution is 5.24. The molecule has 0 atom stereocenters. The van der Waals surface area contributed by atoms with Crippen LogP contribution in [-0.4, -0.2) is 20.5 Å². The van der Waals surface area contributed by atoms with Crippen LogP contribution >= 0.6 is 0 Å². The predicted molar refractivity (Wildman–Crippen MR) is 65.2 cm³/mol. The highest BCUT2D eigenvalue weighted by Crippen LogP contribution is 2.29. The van der Waals surface area contributed by atoms with E-state index in [1.807, 2.05) is 0 Å². The molecule has 0 aliphatic rings. The molecule has 0 aliphatic heterocycles. The lowest BCUT2D eigenvalue weighted by atomic mass is 10.1. The zero-order valence-electron chi connectivity index (χ0n) is 10.8. The van der Waals surface area contributed by atoms with Gasteiger partial charge in [0.1, 0.15) is 0 Å². The molecule has 19 heavy (non-hydrogen) atoms. The van der Waals surface area contributed by atoms with Crippen molar-refractivity contribution in [2.75, 3.05) is 14.2 Å². The molecule has 0 saturated heterocycles. The highest BCUT2D eigenvalue weighted by atomic mass is 19.4. The monoisotopic (exact) mass is 275 g/mol. The Balaban J connectivity index is 2.57. The number of benzene rings is 1. The summed E-state index contributed by atoms with van der Waals surface area (Å²) >= 11 is 0. The molecule has 1 N–H and O–H groups in total. The standard InChI is InChI=1S/C13H16F3NO2/c1-9(12(18-2)19-3)17-8-10-4-6-11(7-5-10)13(14,15)16/h4-7,12,17H,1,8H2,2-3H3. The number of hydrogen-bond acceptors (Lipinski definition) is 3. The summed E-state index contributed by atoms with van der Waals surface area (Å²) in [6.45, 7) is 4.07. The quantitative estimate of drug-likeness (QED) is 0.810. The lowest BCUT2D eigenvalue weighted by molar-refractivity contribution is -0.137. The average Bonchev–Trinajstić information content (AvgIpc) is 2.37. The number of nitrogens with one attached hydrogen (secondary N) is 1. The predicted octanol–water partition coefficient (Wildman–Crippen LogP) is 2.93. The summed E-state index contributed by atoms with van der Waals surface area (Å²) in [7, 11) is 2.94. The second kappa shape index (κ2) is 6.58. The summed E-state index contributed by atoms with van der Waals surface area (Å²) in [5.41, 5.74) is 0.548. The zero-order valence-corrected chi connectivity index (χ0v) is 10.8. The Hall–Kier alpha value is -1.53. The minimum atomic E-state index is -4.31. The molecule has 0 unspecified atom stereocenters. The summed E-state index contributed by atoms with van der Waals surface area (Å²) < 4.78 is 47.1. The topological polar surface area (TPSA) is 30.5 Å². The molecule has 0 bridgehead atoms. The van der Waals surface area contributed by atoms with Gasteiger partial charge in [-0.3, -0.25) is 0 Å². The molecule has 3 nitrogen and oxygen atoms in total. The normalized spacial score (nSPS) is 11.7. The van der Waals surface area contributed by atoms with Gasteiger partial charge in [0.25, 0.3) is 0 Å². The van der Waals surface area contributed by atoms with E-state index in [0.29, 0.717) is 17.8 Å². The van der Waals surface area contributed by atoms with Gasteiger partial charge in [-0.1, -0.05) is 18.7 Å². The zero-order chi connectivity index (χ0) is 14.5. The first-order valence-electron chi connectivity index (χ1n) is 5.53. The number of alkyl halides is 3. The van der Waals surface area contributed by atoms with Crippen molar-refractivity contribution in [2.45, 2.75) is 19.0 Å². The van der Waals surface area contributed by atoms with Crippen LogP contribution in [0.25, 0.3) is 0 Å². The van der Waals surface area contributed by atoms with Crippen molar-refractivity contribution in [2.24, 2.45) is 0 Å². The van der Waals surface area contributed by atoms with Crippen molar-refractivity contribution < 1.29 is 22.6 Å². The lowest BCUT2D eigenvalue weighted by Crippen LogP contribution is -2.26. The van der Waals surface area contributed by atoms with Crippen LogP contribution in [0.1, 0.15) is 11.1 Å². The molecular formula is C13H16F3NO2. The van der Waals surface area contributed by atoms with Gasteiger partial charge in [0.15, 0.2) is 6.29 Å². The molecule has 1 aromatic rings. The SMILES string of the molecule is C=C(NCc1ccc(C(F)(F)F)cc1)C(OC)OC. The van der Waals surface area contributed by atoms with E-state index >= 15 is 0 Å². The molecule has 0 radical (unpaired) electrons. The third-order valence-corrected chi connectivity index (χ3v) is 2.51. The van der Waals surface area contributed by atoms with Crippen LogP contribution in [0.2, 0.25) is 0 Å². The van der Waals surface area contributed by atoms with Crippen LogP contribution in [0.3, 0.4) is 0 Å². The third kappa shape index (κ3) is 4.57. The van der Waals surface area contributed by atoms with E-state index in [9.17, 15) is 13.2 Å². The van der Waals surface area contributed by atoms with Gasteiger partial charge in [0, 0.05) is 20.8 Å². The fourth-order valence-electron chi connectivity index (χ4n) is 1.49. The first kappa shape index (κ1) is 15.5. The maximum atomic E-state index is 12.4. The van der Waals surface area contributed by atoms with Gasteiger partial charge >= 0.3 is 6.18 Å². The molecule has 106 valence electrons.